The Balaban J connectivity index is 2.14. The highest BCUT2D eigenvalue weighted by atomic mass is 35.5. The van der Waals surface area contributed by atoms with Gasteiger partial charge in [0.05, 0.1) is 4.90 Å². The van der Waals surface area contributed by atoms with Gasteiger partial charge in [0.2, 0.25) is 0 Å². The van der Waals surface area contributed by atoms with Crippen molar-refractivity contribution in [1.82, 2.24) is 3.82 Å². The van der Waals surface area contributed by atoms with Crippen LogP contribution in [0.25, 0.3) is 10.8 Å². The van der Waals surface area contributed by atoms with E-state index in [2.05, 4.69) is 0 Å². The molecule has 2 aromatic carbocycles. The van der Waals surface area contributed by atoms with Gasteiger partial charge in [0.1, 0.15) is 0 Å². The Morgan fingerprint density at radius 2 is 1.64 bits per heavy atom. The first-order valence-corrected chi connectivity index (χ1v) is 9.21. The maximum absolute atomic E-state index is 12.6. The molecule has 0 saturated carbocycles. The van der Waals surface area contributed by atoms with E-state index in [1.807, 2.05) is 24.3 Å². The van der Waals surface area contributed by atoms with E-state index >= 15 is 0 Å². The monoisotopic (exact) mass is 340 g/mol. The summed E-state index contributed by atoms with van der Waals surface area (Å²) >= 11 is 6.04. The zero-order chi connectivity index (χ0) is 16.0. The molecule has 6 heteroatoms. The summed E-state index contributed by atoms with van der Waals surface area (Å²) in [5, 5.41) is 1.58. The second-order valence-corrected chi connectivity index (χ2v) is 7.64. The van der Waals surface area contributed by atoms with Gasteiger partial charge in [0.15, 0.2) is 0 Å². The topological polar surface area (TPSA) is 63.4 Å². The van der Waals surface area contributed by atoms with Crippen LogP contribution >= 0.6 is 11.8 Å². The lowest BCUT2D eigenvalue weighted by molar-refractivity contribution is 0.516. The minimum atomic E-state index is -3.68. The van der Waals surface area contributed by atoms with Crippen molar-refractivity contribution in [3.05, 3.63) is 42.5 Å². The first kappa shape index (κ1) is 17.2. The maximum Gasteiger partial charge on any atom is 0.257 e. The Bertz CT molecular complexity index is 714. The molecule has 0 atom stereocenters. The van der Waals surface area contributed by atoms with Gasteiger partial charge in [-0.2, -0.15) is 0 Å². The average Bonchev–Trinajstić information content (AvgIpc) is 2.53. The molecule has 2 rings (SSSR count). The van der Waals surface area contributed by atoms with E-state index in [1.165, 1.54) is 0 Å². The highest BCUT2D eigenvalue weighted by Gasteiger charge is 2.24. The molecule has 0 aliphatic rings. The summed E-state index contributed by atoms with van der Waals surface area (Å²) in [4.78, 5) is 0.252. The van der Waals surface area contributed by atoms with E-state index in [0.717, 1.165) is 34.9 Å². The van der Waals surface area contributed by atoms with Crippen LogP contribution < -0.4 is 5.73 Å². The second kappa shape index (κ2) is 7.92. The number of fused-ring (bicyclic) bond motifs is 1. The predicted octanol–water partition coefficient (Wildman–Crippen LogP) is 3.50. The van der Waals surface area contributed by atoms with Gasteiger partial charge in [-0.1, -0.05) is 49.2 Å². The largest absolute Gasteiger partial charge is 0.330 e. The van der Waals surface area contributed by atoms with Crippen LogP contribution in [0, 0.1) is 0 Å². The molecule has 0 amide bonds. The molecule has 4 nitrogen and oxygen atoms in total. The van der Waals surface area contributed by atoms with Crippen molar-refractivity contribution >= 4 is 32.6 Å². The zero-order valence-corrected chi connectivity index (χ0v) is 14.0. The molecular weight excluding hydrogens is 320 g/mol. The first-order valence-electron chi connectivity index (χ1n) is 7.43. The standard InChI is InChI=1S/C16H21ClN2O2S/c17-19(13-6-2-1-5-12-18)22(20,21)16-11-7-9-14-8-3-4-10-15(14)16/h3-4,7-11H,1-2,5-6,12-13,18H2. The summed E-state index contributed by atoms with van der Waals surface area (Å²) < 4.78 is 26.2. The maximum atomic E-state index is 12.6. The van der Waals surface area contributed by atoms with Gasteiger partial charge in [-0.25, -0.2) is 8.42 Å². The van der Waals surface area contributed by atoms with E-state index < -0.39 is 10.0 Å². The first-order chi connectivity index (χ1) is 10.6. The highest BCUT2D eigenvalue weighted by Crippen LogP contribution is 2.26. The van der Waals surface area contributed by atoms with Crippen LogP contribution in [0.1, 0.15) is 25.7 Å². The molecule has 2 aromatic rings. The number of benzene rings is 2. The van der Waals surface area contributed by atoms with Crippen molar-refractivity contribution in [3.8, 4) is 0 Å². The number of hydrogen-bond donors (Lipinski definition) is 1. The van der Waals surface area contributed by atoms with E-state index in [1.54, 1.807) is 18.2 Å². The van der Waals surface area contributed by atoms with Crippen molar-refractivity contribution in [3.63, 3.8) is 0 Å². The minimum Gasteiger partial charge on any atom is -0.330 e. The second-order valence-electron chi connectivity index (χ2n) is 5.20. The summed E-state index contributed by atoms with van der Waals surface area (Å²) in [5.74, 6) is 0. The van der Waals surface area contributed by atoms with Crippen molar-refractivity contribution in [2.75, 3.05) is 13.1 Å². The van der Waals surface area contributed by atoms with Crippen LogP contribution in [0.3, 0.4) is 0 Å². The Hall–Kier alpha value is -1.14. The van der Waals surface area contributed by atoms with Gasteiger partial charge in [-0.15, -0.1) is 3.82 Å². The van der Waals surface area contributed by atoms with Gasteiger partial charge >= 0.3 is 0 Å². The lowest BCUT2D eigenvalue weighted by Crippen LogP contribution is -2.23. The fourth-order valence-electron chi connectivity index (χ4n) is 2.38. The van der Waals surface area contributed by atoms with Crippen LogP contribution in [0.15, 0.2) is 47.4 Å². The molecule has 2 N–H and O–H groups in total. The third-order valence-electron chi connectivity index (χ3n) is 3.58. The van der Waals surface area contributed by atoms with Crippen LogP contribution in [0.5, 0.6) is 0 Å². The van der Waals surface area contributed by atoms with Crippen LogP contribution in [0.2, 0.25) is 0 Å². The molecular formula is C16H21ClN2O2S. The Labute approximate surface area is 137 Å². The lowest BCUT2D eigenvalue weighted by atomic mass is 10.1. The van der Waals surface area contributed by atoms with Gasteiger partial charge < -0.3 is 5.73 Å². The third kappa shape index (κ3) is 3.98. The average molecular weight is 341 g/mol. The van der Waals surface area contributed by atoms with E-state index in [-0.39, 0.29) is 4.90 Å². The van der Waals surface area contributed by atoms with Gasteiger partial charge in [-0.3, -0.25) is 0 Å². The molecule has 0 aromatic heterocycles. The van der Waals surface area contributed by atoms with Crippen molar-refractivity contribution in [1.29, 1.82) is 0 Å². The molecule has 0 bridgehead atoms. The molecule has 22 heavy (non-hydrogen) atoms. The number of unbranched alkanes of at least 4 members (excludes halogenated alkanes) is 3. The van der Waals surface area contributed by atoms with E-state index in [4.69, 9.17) is 17.5 Å². The number of sulfonamides is 1. The number of hydrogen-bond acceptors (Lipinski definition) is 3. The molecule has 0 saturated heterocycles. The van der Waals surface area contributed by atoms with Crippen molar-refractivity contribution in [2.24, 2.45) is 5.73 Å². The Morgan fingerprint density at radius 3 is 2.41 bits per heavy atom. The number of rotatable bonds is 8. The fraction of sp³-hybridized carbons (Fsp3) is 0.375. The summed E-state index contributed by atoms with van der Waals surface area (Å²) in [5.41, 5.74) is 5.44. The Kier molecular flexibility index (Phi) is 6.20. The zero-order valence-electron chi connectivity index (χ0n) is 12.4. The van der Waals surface area contributed by atoms with Crippen LogP contribution in [-0.2, 0) is 10.0 Å². The number of halogens is 1. The molecule has 0 aliphatic carbocycles. The smallest absolute Gasteiger partial charge is 0.257 e. The van der Waals surface area contributed by atoms with Gasteiger partial charge in [0.25, 0.3) is 10.0 Å². The lowest BCUT2D eigenvalue weighted by Gasteiger charge is -2.15. The van der Waals surface area contributed by atoms with E-state index in [0.29, 0.717) is 18.5 Å². The van der Waals surface area contributed by atoms with Crippen LogP contribution in [0.4, 0.5) is 0 Å². The number of nitrogens with two attached hydrogens (primary N) is 1. The molecule has 0 aliphatic heterocycles. The van der Waals surface area contributed by atoms with Gasteiger partial charge in [-0.05, 0) is 42.6 Å². The SMILES string of the molecule is NCCCCCCN(Cl)S(=O)(=O)c1cccc2ccccc12. The number of nitrogens with zero attached hydrogens (tertiary/aromatic N) is 1. The fourth-order valence-corrected chi connectivity index (χ4v) is 4.02. The molecule has 0 heterocycles. The van der Waals surface area contributed by atoms with Crippen molar-refractivity contribution in [2.45, 2.75) is 30.6 Å². The highest BCUT2D eigenvalue weighted by molar-refractivity contribution is 7.90. The molecule has 0 fully saturated rings. The van der Waals surface area contributed by atoms with E-state index in [9.17, 15) is 8.42 Å². The molecule has 0 spiro atoms. The van der Waals surface area contributed by atoms with Crippen LogP contribution in [-0.4, -0.2) is 25.3 Å². The summed E-state index contributed by atoms with van der Waals surface area (Å²) in [6, 6.07) is 12.6. The Morgan fingerprint density at radius 1 is 0.955 bits per heavy atom. The molecule has 0 radical (unpaired) electrons. The summed E-state index contributed by atoms with van der Waals surface area (Å²) in [6.07, 6.45) is 3.60. The normalized spacial score (nSPS) is 12.1. The summed E-state index contributed by atoms with van der Waals surface area (Å²) in [6.45, 7) is 0.969. The third-order valence-corrected chi connectivity index (χ3v) is 5.91. The molecule has 0 unspecified atom stereocenters. The minimum absolute atomic E-state index is 0.252. The van der Waals surface area contributed by atoms with Gasteiger partial charge in [0, 0.05) is 11.9 Å². The summed E-state index contributed by atoms with van der Waals surface area (Å²) in [7, 11) is -3.68. The predicted molar refractivity (Wildman–Crippen MR) is 91.2 cm³/mol. The quantitative estimate of drug-likeness (QED) is 0.591. The molecule has 120 valence electrons. The van der Waals surface area contributed by atoms with Crippen molar-refractivity contribution < 1.29 is 8.42 Å².